The molecular formula is C21H21N3O2S. The Labute approximate surface area is 162 Å². The average molecular weight is 379 g/mol. The minimum Gasteiger partial charge on any atom is -0.475 e. The van der Waals surface area contributed by atoms with Crippen molar-refractivity contribution >= 4 is 17.2 Å². The molecule has 3 heterocycles. The van der Waals surface area contributed by atoms with Gasteiger partial charge in [-0.15, -0.1) is 11.3 Å². The largest absolute Gasteiger partial charge is 0.475 e. The number of thiophene rings is 1. The van der Waals surface area contributed by atoms with Gasteiger partial charge in [-0.1, -0.05) is 36.4 Å². The molecule has 1 saturated heterocycles. The zero-order valence-corrected chi connectivity index (χ0v) is 15.7. The van der Waals surface area contributed by atoms with Crippen molar-refractivity contribution < 1.29 is 9.53 Å². The second-order valence-corrected chi connectivity index (χ2v) is 7.45. The quantitative estimate of drug-likeness (QED) is 0.739. The van der Waals surface area contributed by atoms with E-state index in [-0.39, 0.29) is 11.9 Å². The van der Waals surface area contributed by atoms with Gasteiger partial charge in [-0.05, 0) is 23.8 Å². The maximum atomic E-state index is 13.1. The number of rotatable bonds is 5. The van der Waals surface area contributed by atoms with Gasteiger partial charge in [-0.2, -0.15) is 0 Å². The van der Waals surface area contributed by atoms with Crippen molar-refractivity contribution in [3.8, 4) is 16.3 Å². The van der Waals surface area contributed by atoms with Gasteiger partial charge in [-0.25, -0.2) is 4.98 Å². The van der Waals surface area contributed by atoms with Gasteiger partial charge < -0.3 is 15.0 Å². The number of nitrogens with zero attached hydrogens (tertiary/aromatic N) is 2. The first-order valence-corrected chi connectivity index (χ1v) is 9.84. The summed E-state index contributed by atoms with van der Waals surface area (Å²) in [6, 6.07) is 19.6. The lowest BCUT2D eigenvalue weighted by molar-refractivity contribution is 0.0560. The molecule has 5 nitrogen and oxygen atoms in total. The Morgan fingerprint density at radius 1 is 1.15 bits per heavy atom. The highest BCUT2D eigenvalue weighted by atomic mass is 32.1. The van der Waals surface area contributed by atoms with E-state index in [1.807, 2.05) is 53.4 Å². The van der Waals surface area contributed by atoms with Crippen LogP contribution in [0.1, 0.15) is 9.67 Å². The molecule has 0 bridgehead atoms. The molecule has 1 amide bonds. The molecule has 3 aromatic rings. The number of hydrogen-bond acceptors (Lipinski definition) is 5. The van der Waals surface area contributed by atoms with Crippen LogP contribution >= 0.6 is 11.3 Å². The standard InChI is InChI=1S/C21H21N3O2S/c25-21(19-10-9-18(27-19)16-6-2-1-3-7-16)24-13-12-22-14-17(24)15-26-20-8-4-5-11-23-20/h1-11,17,22H,12-15H2. The summed E-state index contributed by atoms with van der Waals surface area (Å²) in [6.07, 6.45) is 1.70. The highest BCUT2D eigenvalue weighted by Crippen LogP contribution is 2.29. The fourth-order valence-electron chi connectivity index (χ4n) is 3.14. The Morgan fingerprint density at radius 3 is 2.81 bits per heavy atom. The summed E-state index contributed by atoms with van der Waals surface area (Å²) in [7, 11) is 0. The predicted octanol–water partition coefficient (Wildman–Crippen LogP) is 3.30. The first-order chi connectivity index (χ1) is 13.3. The smallest absolute Gasteiger partial charge is 0.264 e. The average Bonchev–Trinajstić information content (AvgIpc) is 3.24. The van der Waals surface area contributed by atoms with Crippen LogP contribution in [0.3, 0.4) is 0 Å². The Kier molecular flexibility index (Phi) is 5.46. The lowest BCUT2D eigenvalue weighted by atomic mass is 10.2. The van der Waals surface area contributed by atoms with Crippen molar-refractivity contribution in [2.45, 2.75) is 6.04 Å². The van der Waals surface area contributed by atoms with Crippen molar-refractivity contribution in [1.82, 2.24) is 15.2 Å². The van der Waals surface area contributed by atoms with Crippen LogP contribution in [0.5, 0.6) is 5.88 Å². The number of carbonyl (C=O) groups is 1. The monoisotopic (exact) mass is 379 g/mol. The van der Waals surface area contributed by atoms with E-state index in [1.165, 1.54) is 11.3 Å². The van der Waals surface area contributed by atoms with Crippen LogP contribution in [0.2, 0.25) is 0 Å². The van der Waals surface area contributed by atoms with Gasteiger partial charge in [0.25, 0.3) is 5.91 Å². The molecule has 1 aromatic carbocycles. The normalized spacial score (nSPS) is 16.9. The maximum Gasteiger partial charge on any atom is 0.264 e. The molecule has 0 spiro atoms. The van der Waals surface area contributed by atoms with E-state index in [1.54, 1.807) is 6.20 Å². The van der Waals surface area contributed by atoms with Crippen molar-refractivity contribution in [2.75, 3.05) is 26.2 Å². The first kappa shape index (κ1) is 17.7. The summed E-state index contributed by atoms with van der Waals surface area (Å²) in [5, 5.41) is 3.35. The van der Waals surface area contributed by atoms with E-state index in [4.69, 9.17) is 4.74 Å². The van der Waals surface area contributed by atoms with E-state index >= 15 is 0 Å². The van der Waals surface area contributed by atoms with Gasteiger partial charge in [-0.3, -0.25) is 4.79 Å². The zero-order valence-electron chi connectivity index (χ0n) is 14.9. The fraction of sp³-hybridized carbons (Fsp3) is 0.238. The molecule has 2 aromatic heterocycles. The van der Waals surface area contributed by atoms with E-state index in [0.717, 1.165) is 28.4 Å². The van der Waals surface area contributed by atoms with E-state index in [9.17, 15) is 4.79 Å². The van der Waals surface area contributed by atoms with Gasteiger partial charge in [0.05, 0.1) is 10.9 Å². The minimum atomic E-state index is -0.0180. The molecule has 0 radical (unpaired) electrons. The van der Waals surface area contributed by atoms with Crippen LogP contribution in [-0.2, 0) is 0 Å². The number of pyridine rings is 1. The van der Waals surface area contributed by atoms with Gasteiger partial charge in [0, 0.05) is 36.8 Å². The third kappa shape index (κ3) is 4.18. The summed E-state index contributed by atoms with van der Waals surface area (Å²) in [6.45, 7) is 2.61. The molecule has 138 valence electrons. The van der Waals surface area contributed by atoms with Crippen LogP contribution in [0.15, 0.2) is 66.9 Å². The van der Waals surface area contributed by atoms with Crippen molar-refractivity contribution in [2.24, 2.45) is 0 Å². The fourth-order valence-corrected chi connectivity index (χ4v) is 4.11. The van der Waals surface area contributed by atoms with Gasteiger partial charge in [0.1, 0.15) is 6.61 Å². The Balaban J connectivity index is 1.46. The minimum absolute atomic E-state index is 0.0180. The SMILES string of the molecule is O=C(c1ccc(-c2ccccc2)s1)N1CCNCC1COc1ccccn1. The molecule has 1 atom stereocenters. The van der Waals surface area contributed by atoms with Gasteiger partial charge in [0.2, 0.25) is 5.88 Å². The Bertz CT molecular complexity index is 883. The lowest BCUT2D eigenvalue weighted by Gasteiger charge is -2.35. The summed E-state index contributed by atoms with van der Waals surface area (Å²) in [5.74, 6) is 0.649. The third-order valence-corrected chi connectivity index (χ3v) is 5.67. The van der Waals surface area contributed by atoms with Crippen molar-refractivity contribution in [1.29, 1.82) is 0 Å². The lowest BCUT2D eigenvalue weighted by Crippen LogP contribution is -2.55. The maximum absolute atomic E-state index is 13.1. The van der Waals surface area contributed by atoms with Crippen molar-refractivity contribution in [3.63, 3.8) is 0 Å². The first-order valence-electron chi connectivity index (χ1n) is 9.02. The van der Waals surface area contributed by atoms with Gasteiger partial charge >= 0.3 is 0 Å². The molecule has 6 heteroatoms. The molecule has 1 unspecified atom stereocenters. The third-order valence-electron chi connectivity index (χ3n) is 4.55. The number of carbonyl (C=O) groups excluding carboxylic acids is 1. The van der Waals surface area contributed by atoms with Crippen LogP contribution < -0.4 is 10.1 Å². The summed E-state index contributed by atoms with van der Waals surface area (Å²) in [4.78, 5) is 21.1. The number of aromatic nitrogens is 1. The number of ether oxygens (including phenoxy) is 1. The molecule has 1 fully saturated rings. The molecule has 27 heavy (non-hydrogen) atoms. The highest BCUT2D eigenvalue weighted by Gasteiger charge is 2.29. The number of hydrogen-bond donors (Lipinski definition) is 1. The van der Waals surface area contributed by atoms with Crippen LogP contribution in [0, 0.1) is 0 Å². The molecule has 0 saturated carbocycles. The van der Waals surface area contributed by atoms with Crippen LogP contribution in [0.4, 0.5) is 0 Å². The molecular weight excluding hydrogens is 358 g/mol. The molecule has 1 aliphatic rings. The molecule has 0 aliphatic carbocycles. The highest BCUT2D eigenvalue weighted by molar-refractivity contribution is 7.17. The van der Waals surface area contributed by atoms with E-state index in [2.05, 4.69) is 22.4 Å². The van der Waals surface area contributed by atoms with Crippen molar-refractivity contribution in [3.05, 3.63) is 71.7 Å². The van der Waals surface area contributed by atoms with Crippen LogP contribution in [0.25, 0.3) is 10.4 Å². The molecule has 4 rings (SSSR count). The summed E-state index contributed by atoms with van der Waals surface area (Å²) < 4.78 is 5.79. The second-order valence-electron chi connectivity index (χ2n) is 6.37. The second kappa shape index (κ2) is 8.33. The number of amides is 1. The molecule has 1 aliphatic heterocycles. The van der Waals surface area contributed by atoms with E-state index in [0.29, 0.717) is 19.0 Å². The van der Waals surface area contributed by atoms with E-state index < -0.39 is 0 Å². The summed E-state index contributed by atoms with van der Waals surface area (Å²) >= 11 is 1.54. The zero-order chi connectivity index (χ0) is 18.5. The number of benzene rings is 1. The molecule has 1 N–H and O–H groups in total. The Morgan fingerprint density at radius 2 is 2.00 bits per heavy atom. The topological polar surface area (TPSA) is 54.5 Å². The number of nitrogens with one attached hydrogen (secondary N) is 1. The number of piperazine rings is 1. The van der Waals surface area contributed by atoms with Crippen LogP contribution in [-0.4, -0.2) is 48.1 Å². The predicted molar refractivity (Wildman–Crippen MR) is 107 cm³/mol. The van der Waals surface area contributed by atoms with Gasteiger partial charge in [0.15, 0.2) is 0 Å². The Hall–Kier alpha value is -2.70. The summed E-state index contributed by atoms with van der Waals surface area (Å²) in [5.41, 5.74) is 1.14.